The van der Waals surface area contributed by atoms with E-state index in [4.69, 9.17) is 9.26 Å². The molecule has 0 aromatic carbocycles. The molecule has 1 aliphatic rings. The molecule has 0 radical (unpaired) electrons. The van der Waals surface area contributed by atoms with Gasteiger partial charge in [0.1, 0.15) is 0 Å². The Labute approximate surface area is 168 Å². The van der Waals surface area contributed by atoms with Gasteiger partial charge in [0.05, 0.1) is 11.5 Å². The highest BCUT2D eigenvalue weighted by Gasteiger charge is 2.19. The predicted octanol–water partition coefficient (Wildman–Crippen LogP) is 2.74. The second kappa shape index (κ2) is 9.11. The summed E-state index contributed by atoms with van der Waals surface area (Å²) in [6, 6.07) is 5.80. The van der Waals surface area contributed by atoms with Crippen LogP contribution in [0.3, 0.4) is 0 Å². The van der Waals surface area contributed by atoms with Gasteiger partial charge >= 0.3 is 0 Å². The lowest BCUT2D eigenvalue weighted by Crippen LogP contribution is -2.47. The molecule has 0 aliphatic carbocycles. The summed E-state index contributed by atoms with van der Waals surface area (Å²) in [7, 11) is 0. The number of thiophene rings is 1. The maximum atomic E-state index is 5.47. The van der Waals surface area contributed by atoms with Gasteiger partial charge in [-0.1, -0.05) is 11.2 Å². The van der Waals surface area contributed by atoms with Crippen molar-refractivity contribution in [3.8, 4) is 16.6 Å². The molecule has 3 aromatic rings. The topological polar surface area (TPSA) is 80.4 Å². The van der Waals surface area contributed by atoms with Crippen LogP contribution in [-0.4, -0.2) is 64.3 Å². The standard InChI is InChI=1S/C19H24N6O2S/c1-2-26-16-7-8-20-19(22-16)25-12-10-24(11-13-25)9-3-6-17-21-18(23-27-17)15-5-4-14-28-15/h4-5,7-8,14H,2-3,6,9-13H2,1H3. The smallest absolute Gasteiger partial charge is 0.228 e. The Bertz CT molecular complexity index is 861. The van der Waals surface area contributed by atoms with Crippen molar-refractivity contribution < 1.29 is 9.26 Å². The maximum absolute atomic E-state index is 5.47. The third-order valence-corrected chi connectivity index (χ3v) is 5.51. The number of aryl methyl sites for hydroxylation is 1. The minimum atomic E-state index is 0.610. The lowest BCUT2D eigenvalue weighted by molar-refractivity contribution is 0.249. The summed E-state index contributed by atoms with van der Waals surface area (Å²) in [5.41, 5.74) is 0. The number of rotatable bonds is 8. The van der Waals surface area contributed by atoms with Crippen LogP contribution in [0.4, 0.5) is 5.95 Å². The average molecular weight is 401 g/mol. The molecule has 4 rings (SSSR count). The van der Waals surface area contributed by atoms with Crippen LogP contribution in [0.15, 0.2) is 34.3 Å². The van der Waals surface area contributed by atoms with Crippen LogP contribution in [0, 0.1) is 0 Å². The Morgan fingerprint density at radius 3 is 2.86 bits per heavy atom. The Hall–Kier alpha value is -2.52. The van der Waals surface area contributed by atoms with Gasteiger partial charge in [-0.15, -0.1) is 11.3 Å². The van der Waals surface area contributed by atoms with Crippen LogP contribution in [0.5, 0.6) is 5.88 Å². The Kier molecular flexibility index (Phi) is 6.13. The van der Waals surface area contributed by atoms with Gasteiger partial charge in [-0.05, 0) is 31.3 Å². The largest absolute Gasteiger partial charge is 0.478 e. The summed E-state index contributed by atoms with van der Waals surface area (Å²) in [6.45, 7) is 7.40. The molecule has 0 unspecified atom stereocenters. The molecular formula is C19H24N6O2S. The van der Waals surface area contributed by atoms with E-state index in [0.29, 0.717) is 24.2 Å². The highest BCUT2D eigenvalue weighted by Crippen LogP contribution is 2.21. The first kappa shape index (κ1) is 18.8. The van der Waals surface area contributed by atoms with Gasteiger partial charge in [0.2, 0.25) is 23.5 Å². The van der Waals surface area contributed by atoms with E-state index in [9.17, 15) is 0 Å². The summed E-state index contributed by atoms with van der Waals surface area (Å²) in [4.78, 5) is 19.1. The monoisotopic (exact) mass is 400 g/mol. The van der Waals surface area contributed by atoms with Gasteiger partial charge in [-0.3, -0.25) is 4.90 Å². The Morgan fingerprint density at radius 2 is 2.07 bits per heavy atom. The molecule has 3 aromatic heterocycles. The summed E-state index contributed by atoms with van der Waals surface area (Å²) < 4.78 is 10.8. The van der Waals surface area contributed by atoms with Gasteiger partial charge in [0.15, 0.2) is 0 Å². The molecular weight excluding hydrogens is 376 g/mol. The van der Waals surface area contributed by atoms with Gasteiger partial charge in [0.25, 0.3) is 0 Å². The number of aromatic nitrogens is 4. The number of piperazine rings is 1. The Morgan fingerprint density at radius 1 is 1.18 bits per heavy atom. The lowest BCUT2D eigenvalue weighted by Gasteiger charge is -2.34. The number of hydrogen-bond donors (Lipinski definition) is 0. The average Bonchev–Trinajstić information content (AvgIpc) is 3.41. The molecule has 1 aliphatic heterocycles. The normalized spacial score (nSPS) is 15.1. The second-order valence-electron chi connectivity index (χ2n) is 6.55. The molecule has 8 nitrogen and oxygen atoms in total. The van der Waals surface area contributed by atoms with Crippen molar-refractivity contribution in [3.05, 3.63) is 35.7 Å². The van der Waals surface area contributed by atoms with Crippen molar-refractivity contribution in [2.75, 3.05) is 44.2 Å². The quantitative estimate of drug-likeness (QED) is 0.571. The van der Waals surface area contributed by atoms with Crippen molar-refractivity contribution in [2.24, 2.45) is 0 Å². The van der Waals surface area contributed by atoms with Crippen LogP contribution in [0.25, 0.3) is 10.7 Å². The first-order chi connectivity index (χ1) is 13.8. The Balaban J connectivity index is 1.21. The van der Waals surface area contributed by atoms with Crippen LogP contribution in [0.1, 0.15) is 19.2 Å². The summed E-state index contributed by atoms with van der Waals surface area (Å²) in [5, 5.41) is 6.08. The van der Waals surface area contributed by atoms with Crippen LogP contribution in [0.2, 0.25) is 0 Å². The molecule has 0 N–H and O–H groups in total. The summed E-state index contributed by atoms with van der Waals surface area (Å²) in [5.74, 6) is 2.78. The van der Waals surface area contributed by atoms with E-state index in [1.165, 1.54) is 0 Å². The van der Waals surface area contributed by atoms with E-state index in [2.05, 4.69) is 29.9 Å². The maximum Gasteiger partial charge on any atom is 0.228 e. The molecule has 0 spiro atoms. The van der Waals surface area contributed by atoms with Gasteiger partial charge < -0.3 is 14.2 Å². The fraction of sp³-hybridized carbons (Fsp3) is 0.474. The minimum Gasteiger partial charge on any atom is -0.478 e. The van der Waals surface area contributed by atoms with Crippen molar-refractivity contribution in [2.45, 2.75) is 19.8 Å². The fourth-order valence-electron chi connectivity index (χ4n) is 3.20. The molecule has 28 heavy (non-hydrogen) atoms. The van der Waals surface area contributed by atoms with Crippen molar-refractivity contribution in [1.29, 1.82) is 0 Å². The molecule has 0 atom stereocenters. The van der Waals surface area contributed by atoms with Gasteiger partial charge in [-0.2, -0.15) is 9.97 Å². The lowest BCUT2D eigenvalue weighted by atomic mass is 10.2. The molecule has 0 saturated carbocycles. The highest BCUT2D eigenvalue weighted by atomic mass is 32.1. The first-order valence-electron chi connectivity index (χ1n) is 9.61. The zero-order valence-corrected chi connectivity index (χ0v) is 16.8. The fourth-order valence-corrected chi connectivity index (χ4v) is 3.85. The molecule has 0 amide bonds. The first-order valence-corrected chi connectivity index (χ1v) is 10.5. The highest BCUT2D eigenvalue weighted by molar-refractivity contribution is 7.13. The van der Waals surface area contributed by atoms with E-state index in [1.54, 1.807) is 23.6 Å². The van der Waals surface area contributed by atoms with Gasteiger partial charge in [0, 0.05) is 44.9 Å². The third-order valence-electron chi connectivity index (χ3n) is 4.64. The predicted molar refractivity (Wildman–Crippen MR) is 108 cm³/mol. The van der Waals surface area contributed by atoms with Gasteiger partial charge in [-0.25, -0.2) is 4.98 Å². The number of hydrogen-bond acceptors (Lipinski definition) is 9. The number of ether oxygens (including phenoxy) is 1. The number of nitrogens with zero attached hydrogens (tertiary/aromatic N) is 6. The second-order valence-corrected chi connectivity index (χ2v) is 7.50. The molecule has 1 fully saturated rings. The SMILES string of the molecule is CCOc1ccnc(N2CCN(CCCc3nc(-c4cccs4)no3)CC2)n1. The van der Waals surface area contributed by atoms with Crippen LogP contribution >= 0.6 is 11.3 Å². The van der Waals surface area contributed by atoms with E-state index in [-0.39, 0.29) is 0 Å². The van der Waals surface area contributed by atoms with Crippen molar-refractivity contribution >= 4 is 17.3 Å². The van der Waals surface area contributed by atoms with E-state index >= 15 is 0 Å². The third kappa shape index (κ3) is 4.66. The zero-order chi connectivity index (χ0) is 19.2. The van der Waals surface area contributed by atoms with Crippen molar-refractivity contribution in [1.82, 2.24) is 25.0 Å². The summed E-state index contributed by atoms with van der Waals surface area (Å²) >= 11 is 1.62. The molecule has 1 saturated heterocycles. The van der Waals surface area contributed by atoms with E-state index in [1.807, 2.05) is 24.4 Å². The minimum absolute atomic E-state index is 0.610. The van der Waals surface area contributed by atoms with E-state index < -0.39 is 0 Å². The van der Waals surface area contributed by atoms with Crippen molar-refractivity contribution in [3.63, 3.8) is 0 Å². The van der Waals surface area contributed by atoms with Crippen LogP contribution < -0.4 is 9.64 Å². The number of anilines is 1. The van der Waals surface area contributed by atoms with Crippen LogP contribution in [-0.2, 0) is 6.42 Å². The molecule has 148 valence electrons. The summed E-state index contributed by atoms with van der Waals surface area (Å²) in [6.07, 6.45) is 3.56. The molecule has 4 heterocycles. The van der Waals surface area contributed by atoms with E-state index in [0.717, 1.165) is 56.4 Å². The molecule has 9 heteroatoms. The zero-order valence-electron chi connectivity index (χ0n) is 16.0. The molecule has 0 bridgehead atoms.